The summed E-state index contributed by atoms with van der Waals surface area (Å²) in [5.74, 6) is 4.27. The van der Waals surface area contributed by atoms with E-state index in [1.54, 1.807) is 0 Å². The van der Waals surface area contributed by atoms with Gasteiger partial charge in [-0.1, -0.05) is 59.3 Å². The number of fused-ring (bicyclic) bond motifs is 5. The van der Waals surface area contributed by atoms with Crippen molar-refractivity contribution in [2.75, 3.05) is 0 Å². The summed E-state index contributed by atoms with van der Waals surface area (Å²) in [5.41, 5.74) is 1.68. The average molecular weight is 427 g/mol. The van der Waals surface area contributed by atoms with E-state index >= 15 is 0 Å². The lowest BCUT2D eigenvalue weighted by molar-refractivity contribution is -0.134. The van der Waals surface area contributed by atoms with Gasteiger partial charge in [-0.3, -0.25) is 4.79 Å². The molecule has 3 fully saturated rings. The van der Waals surface area contributed by atoms with Gasteiger partial charge in [-0.05, 0) is 104 Å². The van der Waals surface area contributed by atoms with Crippen molar-refractivity contribution in [3.05, 3.63) is 23.8 Å². The van der Waals surface area contributed by atoms with Crippen LogP contribution in [0, 0.1) is 52.3 Å². The quantitative estimate of drug-likeness (QED) is 0.481. The highest BCUT2D eigenvalue weighted by Crippen LogP contribution is 2.66. The van der Waals surface area contributed by atoms with Gasteiger partial charge in [0.2, 0.25) is 0 Å². The van der Waals surface area contributed by atoms with Gasteiger partial charge in [0.25, 0.3) is 0 Å². The maximum absolute atomic E-state index is 13.5. The first-order valence-electron chi connectivity index (χ1n) is 13.2. The van der Waals surface area contributed by atoms with Crippen molar-refractivity contribution in [1.82, 2.24) is 0 Å². The Balaban J connectivity index is 1.57. The molecule has 0 radical (unpaired) electrons. The van der Waals surface area contributed by atoms with Gasteiger partial charge in [-0.15, -0.1) is 0 Å². The number of allylic oxidation sites excluding steroid dienone is 3. The standard InChI is InChI=1S/C29H46O2/c1-7-20(18(2)3)9-8-19(4)23-10-11-24-27-25(13-15-29(23,24)6)28(5)14-12-22(30)16-21(28)17-26(27)31/h8-9,17-20,22-25,27,30H,7,10-16H2,1-6H3/b9-8+/t19-,20+,22+,23+,24-,25+,27+,28+,29-/m1/s1. The summed E-state index contributed by atoms with van der Waals surface area (Å²) in [6, 6.07) is 0. The molecular weight excluding hydrogens is 380 g/mol. The Kier molecular flexibility index (Phi) is 6.36. The van der Waals surface area contributed by atoms with Gasteiger partial charge >= 0.3 is 0 Å². The largest absolute Gasteiger partial charge is 0.393 e. The van der Waals surface area contributed by atoms with Crippen LogP contribution in [-0.2, 0) is 4.79 Å². The molecule has 3 saturated carbocycles. The Labute approximate surface area is 191 Å². The minimum atomic E-state index is -0.251. The van der Waals surface area contributed by atoms with Gasteiger partial charge in [0, 0.05) is 5.92 Å². The lowest BCUT2D eigenvalue weighted by Gasteiger charge is -2.57. The summed E-state index contributed by atoms with van der Waals surface area (Å²) in [5, 5.41) is 10.2. The second kappa shape index (κ2) is 8.47. The van der Waals surface area contributed by atoms with E-state index in [1.807, 2.05) is 6.08 Å². The van der Waals surface area contributed by atoms with Gasteiger partial charge in [-0.25, -0.2) is 0 Å². The van der Waals surface area contributed by atoms with Crippen LogP contribution in [0.4, 0.5) is 0 Å². The van der Waals surface area contributed by atoms with Crippen LogP contribution in [0.25, 0.3) is 0 Å². The number of carbonyl (C=O) groups is 1. The molecule has 31 heavy (non-hydrogen) atoms. The van der Waals surface area contributed by atoms with Crippen molar-refractivity contribution in [2.24, 2.45) is 52.3 Å². The van der Waals surface area contributed by atoms with Crippen molar-refractivity contribution in [1.29, 1.82) is 0 Å². The van der Waals surface area contributed by atoms with Crippen molar-refractivity contribution in [3.8, 4) is 0 Å². The molecule has 0 aromatic rings. The molecule has 4 aliphatic carbocycles. The third-order valence-corrected chi connectivity index (χ3v) is 10.6. The van der Waals surface area contributed by atoms with Crippen LogP contribution in [0.3, 0.4) is 0 Å². The smallest absolute Gasteiger partial charge is 0.159 e. The molecule has 0 heterocycles. The molecule has 174 valence electrons. The fourth-order valence-electron chi connectivity index (χ4n) is 8.57. The molecule has 0 aliphatic heterocycles. The molecule has 1 N–H and O–H groups in total. The maximum atomic E-state index is 13.5. The molecule has 0 aromatic carbocycles. The van der Waals surface area contributed by atoms with E-state index in [2.05, 4.69) is 53.7 Å². The summed E-state index contributed by atoms with van der Waals surface area (Å²) in [6.45, 7) is 14.3. The van der Waals surface area contributed by atoms with Crippen molar-refractivity contribution < 1.29 is 9.90 Å². The molecule has 0 aromatic heterocycles. The number of hydrogen-bond acceptors (Lipinski definition) is 2. The van der Waals surface area contributed by atoms with E-state index in [-0.39, 0.29) is 22.9 Å². The molecule has 4 rings (SSSR count). The second-order valence-electron chi connectivity index (χ2n) is 12.4. The van der Waals surface area contributed by atoms with Crippen LogP contribution in [-0.4, -0.2) is 17.0 Å². The molecule has 4 aliphatic rings. The summed E-state index contributed by atoms with van der Waals surface area (Å²) in [7, 11) is 0. The van der Waals surface area contributed by atoms with Crippen LogP contribution in [0.5, 0.6) is 0 Å². The Morgan fingerprint density at radius 3 is 2.48 bits per heavy atom. The Morgan fingerprint density at radius 2 is 1.81 bits per heavy atom. The number of aliphatic hydroxyl groups excluding tert-OH is 1. The molecule has 0 saturated heterocycles. The van der Waals surface area contributed by atoms with Crippen LogP contribution in [0.15, 0.2) is 23.8 Å². The first-order valence-corrected chi connectivity index (χ1v) is 13.2. The maximum Gasteiger partial charge on any atom is 0.159 e. The Hall–Kier alpha value is -0.890. The van der Waals surface area contributed by atoms with Gasteiger partial charge < -0.3 is 5.11 Å². The number of rotatable bonds is 5. The zero-order chi connectivity index (χ0) is 22.6. The summed E-state index contributed by atoms with van der Waals surface area (Å²) in [6.07, 6.45) is 15.6. The molecule has 0 bridgehead atoms. The number of hydrogen-bond donors (Lipinski definition) is 1. The van der Waals surface area contributed by atoms with Crippen molar-refractivity contribution >= 4 is 5.78 Å². The normalized spacial score (nSPS) is 44.6. The van der Waals surface area contributed by atoms with Gasteiger partial charge in [0.1, 0.15) is 0 Å². The van der Waals surface area contributed by atoms with Gasteiger partial charge in [-0.2, -0.15) is 0 Å². The zero-order valence-electron chi connectivity index (χ0n) is 20.9. The number of aliphatic hydroxyl groups is 1. The minimum Gasteiger partial charge on any atom is -0.393 e. The van der Waals surface area contributed by atoms with Gasteiger partial charge in [0.15, 0.2) is 5.78 Å². The SMILES string of the molecule is CC[C@@H](/C=C/[C@@H](C)[C@@H]1CC[C@@H]2[C@@H]3C(=O)C=C4C[C@@H](O)CC[C@]4(C)[C@H]3CC[C@@]21C)C(C)C. The average Bonchev–Trinajstić information content (AvgIpc) is 3.06. The van der Waals surface area contributed by atoms with E-state index in [9.17, 15) is 9.90 Å². The summed E-state index contributed by atoms with van der Waals surface area (Å²) < 4.78 is 0. The second-order valence-corrected chi connectivity index (χ2v) is 12.4. The van der Waals surface area contributed by atoms with E-state index in [1.165, 1.54) is 37.7 Å². The minimum absolute atomic E-state index is 0.133. The topological polar surface area (TPSA) is 37.3 Å². The zero-order valence-corrected chi connectivity index (χ0v) is 20.9. The van der Waals surface area contributed by atoms with E-state index in [0.29, 0.717) is 47.7 Å². The predicted octanol–water partition coefficient (Wildman–Crippen LogP) is 6.98. The fourth-order valence-corrected chi connectivity index (χ4v) is 8.57. The third-order valence-electron chi connectivity index (χ3n) is 10.6. The lowest BCUT2D eigenvalue weighted by Crippen LogP contribution is -2.53. The summed E-state index contributed by atoms with van der Waals surface area (Å²) in [4.78, 5) is 13.5. The van der Waals surface area contributed by atoms with Gasteiger partial charge in [0.05, 0.1) is 6.10 Å². The molecule has 2 nitrogen and oxygen atoms in total. The van der Waals surface area contributed by atoms with Crippen molar-refractivity contribution in [2.45, 2.75) is 99.0 Å². The van der Waals surface area contributed by atoms with E-state index < -0.39 is 0 Å². The molecule has 0 spiro atoms. The fraction of sp³-hybridized carbons (Fsp3) is 0.828. The van der Waals surface area contributed by atoms with Crippen LogP contribution >= 0.6 is 0 Å². The first-order chi connectivity index (χ1) is 14.6. The van der Waals surface area contributed by atoms with Crippen LogP contribution in [0.2, 0.25) is 0 Å². The molecule has 9 atom stereocenters. The predicted molar refractivity (Wildman–Crippen MR) is 129 cm³/mol. The van der Waals surface area contributed by atoms with Crippen LogP contribution in [0.1, 0.15) is 92.9 Å². The molecule has 0 amide bonds. The summed E-state index contributed by atoms with van der Waals surface area (Å²) >= 11 is 0. The Morgan fingerprint density at radius 1 is 1.06 bits per heavy atom. The number of ketones is 1. The monoisotopic (exact) mass is 426 g/mol. The van der Waals surface area contributed by atoms with Crippen LogP contribution < -0.4 is 0 Å². The number of carbonyl (C=O) groups excluding carboxylic acids is 1. The first kappa shape index (κ1) is 23.3. The van der Waals surface area contributed by atoms with E-state index in [4.69, 9.17) is 0 Å². The molecule has 0 unspecified atom stereocenters. The lowest BCUT2D eigenvalue weighted by atomic mass is 9.46. The third kappa shape index (κ3) is 3.79. The molecule has 2 heteroatoms. The highest BCUT2D eigenvalue weighted by atomic mass is 16.3. The van der Waals surface area contributed by atoms with E-state index in [0.717, 1.165) is 12.8 Å². The Bertz CT molecular complexity index is 748. The van der Waals surface area contributed by atoms with Crippen molar-refractivity contribution in [3.63, 3.8) is 0 Å². The highest BCUT2D eigenvalue weighted by molar-refractivity contribution is 5.94. The highest BCUT2D eigenvalue weighted by Gasteiger charge is 2.61. The molecular formula is C29H46O2.